The summed E-state index contributed by atoms with van der Waals surface area (Å²) in [6.45, 7) is 8.37. The molecule has 1 saturated heterocycles. The summed E-state index contributed by atoms with van der Waals surface area (Å²) in [5.74, 6) is -0.610. The molecule has 1 N–H and O–H groups in total. The number of likely N-dealkylation sites (tertiary alicyclic amines) is 1. The molecule has 164 valence electrons. The van der Waals surface area contributed by atoms with Crippen LogP contribution in [0.15, 0.2) is 54.1 Å². The number of aryl methyl sites for hydroxylation is 1. The second kappa shape index (κ2) is 9.82. The first-order valence-electron chi connectivity index (χ1n) is 11.0. The molecule has 1 amide bonds. The van der Waals surface area contributed by atoms with Crippen LogP contribution in [0.25, 0.3) is 5.76 Å². The van der Waals surface area contributed by atoms with E-state index < -0.39 is 17.7 Å². The lowest BCUT2D eigenvalue weighted by Gasteiger charge is -2.25. The zero-order chi connectivity index (χ0) is 22.5. The molecule has 1 unspecified atom stereocenters. The Kier molecular flexibility index (Phi) is 7.16. The molecule has 0 aromatic heterocycles. The molecule has 3 rings (SSSR count). The summed E-state index contributed by atoms with van der Waals surface area (Å²) in [5, 5.41) is 11.2. The fraction of sp³-hybridized carbons (Fsp3) is 0.385. The number of carbonyl (C=O) groups is 2. The summed E-state index contributed by atoms with van der Waals surface area (Å²) in [7, 11) is 0. The van der Waals surface area contributed by atoms with Crippen LogP contribution in [0.3, 0.4) is 0 Å². The third-order valence-electron chi connectivity index (χ3n) is 5.47. The minimum Gasteiger partial charge on any atom is -0.507 e. The molecule has 2 aromatic rings. The first-order chi connectivity index (χ1) is 14.8. The normalized spacial score (nSPS) is 18.1. The van der Waals surface area contributed by atoms with Gasteiger partial charge in [0.05, 0.1) is 17.7 Å². The molecule has 2 aromatic carbocycles. The highest BCUT2D eigenvalue weighted by Gasteiger charge is 2.45. The number of aliphatic hydroxyl groups excluding tert-OH is 1. The molecule has 1 fully saturated rings. The minimum absolute atomic E-state index is 0.0321. The van der Waals surface area contributed by atoms with Crippen LogP contribution in [0.2, 0.25) is 0 Å². The van der Waals surface area contributed by atoms with E-state index in [-0.39, 0.29) is 17.4 Å². The average Bonchev–Trinajstić information content (AvgIpc) is 3.00. The van der Waals surface area contributed by atoms with E-state index in [4.69, 9.17) is 4.74 Å². The van der Waals surface area contributed by atoms with Crippen LogP contribution in [0.1, 0.15) is 62.8 Å². The molecule has 1 aliphatic rings. The zero-order valence-electron chi connectivity index (χ0n) is 18.7. The van der Waals surface area contributed by atoms with Gasteiger partial charge >= 0.3 is 0 Å². The number of ether oxygens (including phenoxy) is 1. The number of ketones is 1. The van der Waals surface area contributed by atoms with Crippen molar-refractivity contribution in [2.24, 2.45) is 0 Å². The van der Waals surface area contributed by atoms with Gasteiger partial charge in [-0.05, 0) is 56.5 Å². The maximum absolute atomic E-state index is 13.0. The summed E-state index contributed by atoms with van der Waals surface area (Å²) in [6.07, 6.45) is 2.84. The van der Waals surface area contributed by atoms with Gasteiger partial charge in [-0.1, -0.05) is 50.1 Å². The number of aliphatic hydroxyl groups is 1. The zero-order valence-corrected chi connectivity index (χ0v) is 18.7. The Hall–Kier alpha value is -3.08. The predicted octanol–water partition coefficient (Wildman–Crippen LogP) is 5.39. The third kappa shape index (κ3) is 4.82. The van der Waals surface area contributed by atoms with Crippen LogP contribution in [0, 0.1) is 6.92 Å². The van der Waals surface area contributed by atoms with E-state index in [1.807, 2.05) is 51.1 Å². The highest BCUT2D eigenvalue weighted by Crippen LogP contribution is 2.40. The lowest BCUT2D eigenvalue weighted by molar-refractivity contribution is -0.139. The van der Waals surface area contributed by atoms with Crippen LogP contribution >= 0.6 is 0 Å². The highest BCUT2D eigenvalue weighted by molar-refractivity contribution is 6.46. The van der Waals surface area contributed by atoms with Crippen molar-refractivity contribution in [3.05, 3.63) is 70.8 Å². The Morgan fingerprint density at radius 1 is 1.10 bits per heavy atom. The summed E-state index contributed by atoms with van der Waals surface area (Å²) < 4.78 is 5.78. The van der Waals surface area contributed by atoms with Gasteiger partial charge in [0, 0.05) is 12.1 Å². The van der Waals surface area contributed by atoms with Gasteiger partial charge in [-0.2, -0.15) is 0 Å². The van der Waals surface area contributed by atoms with E-state index in [1.165, 1.54) is 0 Å². The number of hydrogen-bond acceptors (Lipinski definition) is 4. The second-order valence-corrected chi connectivity index (χ2v) is 8.26. The van der Waals surface area contributed by atoms with Gasteiger partial charge in [0.25, 0.3) is 11.7 Å². The fourth-order valence-corrected chi connectivity index (χ4v) is 3.96. The summed E-state index contributed by atoms with van der Waals surface area (Å²) >= 11 is 0. The van der Waals surface area contributed by atoms with Crippen molar-refractivity contribution in [3.63, 3.8) is 0 Å². The second-order valence-electron chi connectivity index (χ2n) is 8.26. The SMILES string of the molecule is CCCCCN1C(=O)C(=O)/C(=C(\O)c2ccc(OC(C)C)c(C)c2)C1c1ccccc1. The molecule has 0 aliphatic carbocycles. The Morgan fingerprint density at radius 2 is 1.81 bits per heavy atom. The van der Waals surface area contributed by atoms with Crippen LogP contribution < -0.4 is 4.74 Å². The van der Waals surface area contributed by atoms with E-state index in [1.54, 1.807) is 23.1 Å². The first kappa shape index (κ1) is 22.6. The van der Waals surface area contributed by atoms with Crippen LogP contribution in [0.5, 0.6) is 5.75 Å². The largest absolute Gasteiger partial charge is 0.507 e. The Balaban J connectivity index is 2.07. The fourth-order valence-electron chi connectivity index (χ4n) is 3.96. The van der Waals surface area contributed by atoms with Crippen molar-refractivity contribution in [3.8, 4) is 5.75 Å². The lowest BCUT2D eigenvalue weighted by atomic mass is 9.94. The summed E-state index contributed by atoms with van der Waals surface area (Å²) in [4.78, 5) is 27.5. The number of unbranched alkanes of at least 4 members (excludes halogenated alkanes) is 2. The standard InChI is InChI=1S/C26H31NO4/c1-5-6-10-15-27-23(19-11-8-7-9-12-19)22(25(29)26(27)30)24(28)20-13-14-21(18(4)16-20)31-17(2)3/h7-9,11-14,16-17,23,28H,5-6,10,15H2,1-4H3/b24-22-. The van der Waals surface area contributed by atoms with Gasteiger partial charge in [0.1, 0.15) is 11.5 Å². The van der Waals surface area contributed by atoms with Crippen molar-refractivity contribution < 1.29 is 19.4 Å². The molecular weight excluding hydrogens is 390 g/mol. The first-order valence-corrected chi connectivity index (χ1v) is 11.0. The van der Waals surface area contributed by atoms with Crippen molar-refractivity contribution in [1.82, 2.24) is 4.90 Å². The van der Waals surface area contributed by atoms with E-state index in [2.05, 4.69) is 6.92 Å². The third-order valence-corrected chi connectivity index (χ3v) is 5.47. The van der Waals surface area contributed by atoms with Crippen molar-refractivity contribution in [1.29, 1.82) is 0 Å². The molecule has 5 nitrogen and oxygen atoms in total. The molecule has 31 heavy (non-hydrogen) atoms. The van der Waals surface area contributed by atoms with Gasteiger partial charge in [-0.3, -0.25) is 9.59 Å². The number of nitrogens with zero attached hydrogens (tertiary/aromatic N) is 1. The maximum atomic E-state index is 13.0. The van der Waals surface area contributed by atoms with Gasteiger partial charge < -0.3 is 14.7 Å². The van der Waals surface area contributed by atoms with E-state index in [0.29, 0.717) is 12.1 Å². The van der Waals surface area contributed by atoms with E-state index >= 15 is 0 Å². The van der Waals surface area contributed by atoms with Crippen molar-refractivity contribution >= 4 is 17.4 Å². The predicted molar refractivity (Wildman–Crippen MR) is 122 cm³/mol. The maximum Gasteiger partial charge on any atom is 0.295 e. The molecule has 0 spiro atoms. The number of benzene rings is 2. The number of amides is 1. The molecule has 1 atom stereocenters. The lowest BCUT2D eigenvalue weighted by Crippen LogP contribution is -2.30. The van der Waals surface area contributed by atoms with Crippen molar-refractivity contribution in [2.75, 3.05) is 6.54 Å². The Bertz CT molecular complexity index is 978. The highest BCUT2D eigenvalue weighted by atomic mass is 16.5. The Labute approximate surface area is 184 Å². The van der Waals surface area contributed by atoms with E-state index in [0.717, 1.165) is 36.1 Å². The number of carbonyl (C=O) groups excluding carboxylic acids is 2. The van der Waals surface area contributed by atoms with Gasteiger partial charge in [-0.15, -0.1) is 0 Å². The molecule has 0 radical (unpaired) electrons. The molecule has 1 heterocycles. The molecule has 0 saturated carbocycles. The topological polar surface area (TPSA) is 66.8 Å². The van der Waals surface area contributed by atoms with Gasteiger partial charge in [-0.25, -0.2) is 0 Å². The van der Waals surface area contributed by atoms with Crippen LogP contribution in [0.4, 0.5) is 0 Å². The Morgan fingerprint density at radius 3 is 2.42 bits per heavy atom. The number of hydrogen-bond donors (Lipinski definition) is 1. The molecule has 0 bridgehead atoms. The molecule has 1 aliphatic heterocycles. The smallest absolute Gasteiger partial charge is 0.295 e. The van der Waals surface area contributed by atoms with Crippen LogP contribution in [-0.4, -0.2) is 34.3 Å². The minimum atomic E-state index is -0.636. The van der Waals surface area contributed by atoms with Gasteiger partial charge in [0.15, 0.2) is 0 Å². The average molecular weight is 422 g/mol. The van der Waals surface area contributed by atoms with Crippen LogP contribution in [-0.2, 0) is 9.59 Å². The number of Topliss-reactive ketones (excluding diaryl/α,β-unsaturated/α-hetero) is 1. The van der Waals surface area contributed by atoms with Crippen molar-refractivity contribution in [2.45, 2.75) is 59.1 Å². The van der Waals surface area contributed by atoms with E-state index in [9.17, 15) is 14.7 Å². The number of rotatable bonds is 8. The van der Waals surface area contributed by atoms with Gasteiger partial charge in [0.2, 0.25) is 0 Å². The molecular formula is C26H31NO4. The quantitative estimate of drug-likeness (QED) is 0.268. The summed E-state index contributed by atoms with van der Waals surface area (Å²) in [6, 6.07) is 14.1. The summed E-state index contributed by atoms with van der Waals surface area (Å²) in [5.41, 5.74) is 2.31. The monoisotopic (exact) mass is 421 g/mol. The molecule has 5 heteroatoms.